The quantitative estimate of drug-likeness (QED) is 0.394. The summed E-state index contributed by atoms with van der Waals surface area (Å²) in [7, 11) is 0. The van der Waals surface area contributed by atoms with Crippen LogP contribution < -0.4 is 0 Å². The van der Waals surface area contributed by atoms with E-state index in [0.29, 0.717) is 0 Å². The van der Waals surface area contributed by atoms with Crippen LogP contribution in [0.25, 0.3) is 0 Å². The SMILES string of the molecule is CC(C)O.CC(C)O.CC(C)O.CC(C)O.[CH2-]C.[Nb]. The molecule has 0 spiro atoms. The Kier molecular flexibility index (Phi) is 70.0. The van der Waals surface area contributed by atoms with Crippen LogP contribution in [0.4, 0.5) is 0 Å². The first kappa shape index (κ1) is 36.7. The average molecular weight is 362 g/mol. The molecule has 19 heavy (non-hydrogen) atoms. The van der Waals surface area contributed by atoms with Crippen LogP contribution in [-0.2, 0) is 22.4 Å². The van der Waals surface area contributed by atoms with Crippen molar-refractivity contribution in [3.8, 4) is 0 Å². The Balaban J connectivity index is -0.0000000279. The largest absolute Gasteiger partial charge is 0.394 e. The van der Waals surface area contributed by atoms with Crippen LogP contribution in [-0.4, -0.2) is 44.8 Å². The normalized spacial score (nSPS) is 7.89. The molecule has 0 aliphatic heterocycles. The van der Waals surface area contributed by atoms with Gasteiger partial charge in [0.05, 0.1) is 0 Å². The summed E-state index contributed by atoms with van der Waals surface area (Å²) < 4.78 is 0. The van der Waals surface area contributed by atoms with Crippen LogP contribution in [0.2, 0.25) is 0 Å². The van der Waals surface area contributed by atoms with Gasteiger partial charge < -0.3 is 27.3 Å². The first-order valence-electron chi connectivity index (χ1n) is 6.36. The average Bonchev–Trinajstić information content (AvgIpc) is 2.01. The van der Waals surface area contributed by atoms with Gasteiger partial charge in [-0.05, 0) is 55.4 Å². The summed E-state index contributed by atoms with van der Waals surface area (Å²) in [6, 6.07) is 0. The van der Waals surface area contributed by atoms with Gasteiger partial charge in [0.1, 0.15) is 0 Å². The molecule has 0 amide bonds. The fourth-order valence-corrected chi connectivity index (χ4v) is 0. The molecular formula is C14H37NbO4-. The van der Waals surface area contributed by atoms with Crippen molar-refractivity contribution in [1.82, 2.24) is 0 Å². The third-order valence-electron chi connectivity index (χ3n) is 0. The fraction of sp³-hybridized carbons (Fsp3) is 0.929. The van der Waals surface area contributed by atoms with E-state index in [0.717, 1.165) is 0 Å². The van der Waals surface area contributed by atoms with Crippen molar-refractivity contribution in [2.45, 2.75) is 86.7 Å². The Labute approximate surface area is 136 Å². The molecule has 0 aromatic rings. The zero-order valence-corrected chi connectivity index (χ0v) is 16.5. The van der Waals surface area contributed by atoms with Gasteiger partial charge in [-0.15, -0.1) is 0 Å². The van der Waals surface area contributed by atoms with E-state index in [1.165, 1.54) is 0 Å². The molecular weight excluding hydrogens is 325 g/mol. The molecule has 0 heterocycles. The van der Waals surface area contributed by atoms with Crippen molar-refractivity contribution >= 4 is 0 Å². The topological polar surface area (TPSA) is 80.9 Å². The number of hydrogen-bond acceptors (Lipinski definition) is 4. The molecule has 0 aromatic carbocycles. The van der Waals surface area contributed by atoms with E-state index in [1.54, 1.807) is 62.3 Å². The molecule has 0 saturated heterocycles. The summed E-state index contributed by atoms with van der Waals surface area (Å²) in [5.41, 5.74) is 0. The second-order valence-electron chi connectivity index (χ2n) is 4.37. The summed E-state index contributed by atoms with van der Waals surface area (Å²) in [4.78, 5) is 0. The zero-order valence-electron chi connectivity index (χ0n) is 14.3. The van der Waals surface area contributed by atoms with Gasteiger partial charge in [0, 0.05) is 46.8 Å². The number of aliphatic hydroxyl groups excluding tert-OH is 4. The number of hydrogen-bond donors (Lipinski definition) is 4. The maximum atomic E-state index is 8.06. The van der Waals surface area contributed by atoms with Gasteiger partial charge in [-0.25, -0.2) is 0 Å². The number of rotatable bonds is 0. The molecule has 4 nitrogen and oxygen atoms in total. The van der Waals surface area contributed by atoms with Crippen molar-refractivity contribution in [3.05, 3.63) is 6.92 Å². The van der Waals surface area contributed by atoms with E-state index in [-0.39, 0.29) is 46.8 Å². The molecule has 0 bridgehead atoms. The van der Waals surface area contributed by atoms with Crippen molar-refractivity contribution in [2.75, 3.05) is 0 Å². The summed E-state index contributed by atoms with van der Waals surface area (Å²) in [5.74, 6) is 0. The van der Waals surface area contributed by atoms with E-state index < -0.39 is 0 Å². The van der Waals surface area contributed by atoms with Gasteiger partial charge in [0.15, 0.2) is 0 Å². The van der Waals surface area contributed by atoms with Crippen LogP contribution >= 0.6 is 0 Å². The second-order valence-corrected chi connectivity index (χ2v) is 4.37. The summed E-state index contributed by atoms with van der Waals surface area (Å²) in [6.45, 7) is 18.8. The molecule has 123 valence electrons. The van der Waals surface area contributed by atoms with E-state index in [4.69, 9.17) is 20.4 Å². The maximum Gasteiger partial charge on any atom is 0.0483 e. The maximum absolute atomic E-state index is 8.06. The van der Waals surface area contributed by atoms with Gasteiger partial charge in [-0.1, -0.05) is 0 Å². The molecule has 0 saturated carbocycles. The standard InChI is InChI=1S/4C3H8O.C2H5.Nb/c4*1-3(2)4;1-2;/h4*3-4H,1-2H3;1H2,2H3;/q;;;;-1;. The zero-order chi connectivity index (χ0) is 16.3. The van der Waals surface area contributed by atoms with Gasteiger partial charge in [0.25, 0.3) is 0 Å². The Hall–Kier alpha value is 0.580. The summed E-state index contributed by atoms with van der Waals surface area (Å²) >= 11 is 0. The van der Waals surface area contributed by atoms with Crippen LogP contribution in [0.3, 0.4) is 0 Å². The molecule has 0 aliphatic carbocycles. The molecule has 0 fully saturated rings. The molecule has 1 radical (unpaired) electrons. The molecule has 0 aromatic heterocycles. The van der Waals surface area contributed by atoms with E-state index in [2.05, 4.69) is 6.92 Å². The van der Waals surface area contributed by atoms with Crippen molar-refractivity contribution in [3.63, 3.8) is 0 Å². The Morgan fingerprint density at radius 1 is 0.474 bits per heavy atom. The third kappa shape index (κ3) is 15200. The first-order valence-corrected chi connectivity index (χ1v) is 6.36. The van der Waals surface area contributed by atoms with E-state index >= 15 is 0 Å². The van der Waals surface area contributed by atoms with Gasteiger partial charge in [0.2, 0.25) is 0 Å². The molecule has 4 N–H and O–H groups in total. The fourth-order valence-electron chi connectivity index (χ4n) is 0. The Morgan fingerprint density at radius 3 is 0.474 bits per heavy atom. The summed E-state index contributed by atoms with van der Waals surface area (Å²) in [6.07, 6.45) is -0.667. The van der Waals surface area contributed by atoms with Gasteiger partial charge >= 0.3 is 0 Å². The molecule has 0 unspecified atom stereocenters. The van der Waals surface area contributed by atoms with Crippen LogP contribution in [0.1, 0.15) is 62.3 Å². The number of aliphatic hydroxyl groups is 4. The molecule has 5 heteroatoms. The van der Waals surface area contributed by atoms with E-state index in [9.17, 15) is 0 Å². The monoisotopic (exact) mass is 362 g/mol. The van der Waals surface area contributed by atoms with Gasteiger partial charge in [-0.2, -0.15) is 6.92 Å². The van der Waals surface area contributed by atoms with E-state index in [1.807, 2.05) is 0 Å². The minimum atomic E-state index is -0.167. The second kappa shape index (κ2) is 36.3. The Morgan fingerprint density at radius 2 is 0.474 bits per heavy atom. The molecule has 0 atom stereocenters. The molecule has 0 rings (SSSR count). The molecule has 0 aliphatic rings. The van der Waals surface area contributed by atoms with Crippen molar-refractivity contribution in [1.29, 1.82) is 0 Å². The van der Waals surface area contributed by atoms with Crippen LogP contribution in [0.5, 0.6) is 0 Å². The Bertz CT molecular complexity index is 62.4. The van der Waals surface area contributed by atoms with Gasteiger partial charge in [-0.3, -0.25) is 0 Å². The summed E-state index contributed by atoms with van der Waals surface area (Å²) in [5, 5.41) is 32.2. The van der Waals surface area contributed by atoms with Crippen LogP contribution in [0, 0.1) is 6.92 Å². The third-order valence-corrected chi connectivity index (χ3v) is 0. The smallest absolute Gasteiger partial charge is 0.0483 e. The minimum Gasteiger partial charge on any atom is -0.394 e. The predicted molar refractivity (Wildman–Crippen MR) is 80.5 cm³/mol. The predicted octanol–water partition coefficient (Wildman–Crippen LogP) is 2.39. The first-order chi connectivity index (χ1) is 7.93. The minimum absolute atomic E-state index is 0. The van der Waals surface area contributed by atoms with Crippen LogP contribution in [0.15, 0.2) is 0 Å². The van der Waals surface area contributed by atoms with Crippen molar-refractivity contribution in [2.24, 2.45) is 0 Å². The van der Waals surface area contributed by atoms with Crippen molar-refractivity contribution < 1.29 is 42.8 Å².